The van der Waals surface area contributed by atoms with E-state index in [1.165, 1.54) is 7.05 Å². The van der Waals surface area contributed by atoms with E-state index < -0.39 is 51.1 Å². The van der Waals surface area contributed by atoms with E-state index in [1.54, 1.807) is 31.2 Å². The maximum Gasteiger partial charge on any atom is 0.253 e. The van der Waals surface area contributed by atoms with Crippen molar-refractivity contribution in [3.63, 3.8) is 0 Å². The summed E-state index contributed by atoms with van der Waals surface area (Å²) >= 11 is 14.0. The molecule has 3 fully saturated rings. The molecule has 5 rings (SSSR count). The van der Waals surface area contributed by atoms with E-state index in [0.717, 1.165) is 4.90 Å². The molecule has 10 heteroatoms. The van der Waals surface area contributed by atoms with Gasteiger partial charge in [0.1, 0.15) is 0 Å². The Bertz CT molecular complexity index is 1150. The lowest BCUT2D eigenvalue weighted by molar-refractivity contribution is -0.138. The number of nitrogens with zero attached hydrogens (tertiary/aromatic N) is 1. The lowest BCUT2D eigenvalue weighted by atomic mass is 9.56. The third-order valence-electron chi connectivity index (χ3n) is 7.50. The molecule has 2 aliphatic heterocycles. The topological polar surface area (TPSA) is 113 Å². The predicted octanol–water partition coefficient (Wildman–Crippen LogP) is 2.07. The number of carbonyl (C=O) groups excluding carboxylic acids is 4. The Hall–Kier alpha value is -2.58. The zero-order valence-corrected chi connectivity index (χ0v) is 19.4. The molecule has 0 spiro atoms. The Balaban J connectivity index is 1.77. The molecule has 4 aliphatic rings. The number of ether oxygens (including phenoxy) is 1. The van der Waals surface area contributed by atoms with Gasteiger partial charge in [-0.1, -0.05) is 23.8 Å². The number of aromatic hydroxyl groups is 1. The first-order valence-corrected chi connectivity index (χ1v) is 11.5. The minimum atomic E-state index is -1.93. The van der Waals surface area contributed by atoms with Gasteiger partial charge in [-0.3, -0.25) is 29.4 Å². The van der Waals surface area contributed by atoms with Gasteiger partial charge in [0.25, 0.3) is 11.8 Å². The van der Waals surface area contributed by atoms with Crippen LogP contribution < -0.4 is 10.1 Å². The minimum Gasteiger partial charge on any atom is -0.504 e. The van der Waals surface area contributed by atoms with Crippen LogP contribution >= 0.6 is 23.2 Å². The number of para-hydroxylation sites is 1. The molecule has 2 saturated heterocycles. The molecule has 2 aliphatic carbocycles. The maximum atomic E-state index is 13.4. The summed E-state index contributed by atoms with van der Waals surface area (Å²) in [5.74, 6) is -5.09. The molecule has 1 saturated carbocycles. The van der Waals surface area contributed by atoms with Crippen LogP contribution in [0.4, 0.5) is 0 Å². The number of hydrogen-bond acceptors (Lipinski definition) is 6. The van der Waals surface area contributed by atoms with Crippen molar-refractivity contribution in [2.45, 2.75) is 35.4 Å². The van der Waals surface area contributed by atoms with Crippen LogP contribution in [0.15, 0.2) is 29.8 Å². The molecule has 0 radical (unpaired) electrons. The molecule has 8 nitrogen and oxygen atoms in total. The second kappa shape index (κ2) is 7.21. The summed E-state index contributed by atoms with van der Waals surface area (Å²) in [5.41, 5.74) is 0.893. The first kappa shape index (κ1) is 22.2. The Kier molecular flexibility index (Phi) is 4.85. The van der Waals surface area contributed by atoms with Crippen molar-refractivity contribution in [1.29, 1.82) is 0 Å². The zero-order chi connectivity index (χ0) is 23.9. The molecular formula is C23H22Cl2N2O6. The van der Waals surface area contributed by atoms with Crippen molar-refractivity contribution in [2.75, 3.05) is 13.7 Å². The van der Waals surface area contributed by atoms with Gasteiger partial charge in [0.2, 0.25) is 11.8 Å². The molecule has 2 heterocycles. The number of hydrogen-bond donors (Lipinski definition) is 2. The Morgan fingerprint density at radius 1 is 1.15 bits per heavy atom. The number of alkyl halides is 2. The van der Waals surface area contributed by atoms with Crippen LogP contribution in [-0.4, -0.2) is 57.0 Å². The number of rotatable bonds is 3. The van der Waals surface area contributed by atoms with E-state index in [2.05, 4.69) is 5.32 Å². The first-order chi connectivity index (χ1) is 15.6. The number of carbonyl (C=O) groups is 4. The number of benzene rings is 1. The quantitative estimate of drug-likeness (QED) is 0.379. The number of imide groups is 2. The van der Waals surface area contributed by atoms with Crippen molar-refractivity contribution in [2.24, 2.45) is 17.8 Å². The lowest BCUT2D eigenvalue weighted by Gasteiger charge is -2.50. The molecule has 4 amide bonds. The summed E-state index contributed by atoms with van der Waals surface area (Å²) in [6.45, 7) is 2.06. The summed E-state index contributed by atoms with van der Waals surface area (Å²) in [4.78, 5) is 48.9. The second-order valence-corrected chi connectivity index (χ2v) is 10.2. The van der Waals surface area contributed by atoms with Crippen molar-refractivity contribution < 1.29 is 29.0 Å². The van der Waals surface area contributed by atoms with Gasteiger partial charge < -0.3 is 9.84 Å². The number of likely N-dealkylation sites (tertiary alicyclic amines) is 1. The highest BCUT2D eigenvalue weighted by Crippen LogP contribution is 2.65. The van der Waals surface area contributed by atoms with Gasteiger partial charge in [0.05, 0.1) is 18.4 Å². The van der Waals surface area contributed by atoms with Crippen LogP contribution in [0.25, 0.3) is 0 Å². The van der Waals surface area contributed by atoms with Gasteiger partial charge in [-0.05, 0) is 31.7 Å². The number of amides is 4. The number of allylic oxidation sites excluding steroid dienone is 2. The third kappa shape index (κ3) is 2.65. The predicted molar refractivity (Wildman–Crippen MR) is 118 cm³/mol. The SMILES string of the molecule is CCOc1cccc(C2C3=CCC4C(=O)NC(=O)C4C3CC3(Cl)C(=O)N(C)C(=O)C23Cl)c1O. The average molecular weight is 493 g/mol. The second-order valence-electron chi connectivity index (χ2n) is 8.98. The molecule has 2 N–H and O–H groups in total. The standard InChI is InChI=1S/C23H22Cl2N2O6/c1-3-33-14-6-4-5-12(17(14)28)16-10-7-8-11-15(19(30)26-18(11)29)13(10)9-22(24)20(31)27(2)21(32)23(16,22)25/h4-7,11,13,15-16,28H,3,8-9H2,1-2H3,(H,26,29,30). The van der Waals surface area contributed by atoms with Crippen LogP contribution in [0, 0.1) is 17.8 Å². The smallest absolute Gasteiger partial charge is 0.253 e. The Morgan fingerprint density at radius 3 is 2.58 bits per heavy atom. The molecule has 1 aromatic carbocycles. The van der Waals surface area contributed by atoms with Crippen LogP contribution in [-0.2, 0) is 19.2 Å². The Labute approximate surface area is 199 Å². The largest absolute Gasteiger partial charge is 0.504 e. The molecule has 174 valence electrons. The van der Waals surface area contributed by atoms with Crippen molar-refractivity contribution in [1.82, 2.24) is 10.2 Å². The lowest BCUT2D eigenvalue weighted by Crippen LogP contribution is -2.60. The van der Waals surface area contributed by atoms with Crippen LogP contribution in [0.1, 0.15) is 31.2 Å². The van der Waals surface area contributed by atoms with Gasteiger partial charge in [-0.2, -0.15) is 0 Å². The highest BCUT2D eigenvalue weighted by molar-refractivity contribution is 6.53. The van der Waals surface area contributed by atoms with Crippen molar-refractivity contribution in [3.8, 4) is 11.5 Å². The monoisotopic (exact) mass is 492 g/mol. The molecule has 6 atom stereocenters. The number of phenols is 1. The highest BCUT2D eigenvalue weighted by atomic mass is 35.5. The summed E-state index contributed by atoms with van der Waals surface area (Å²) in [6, 6.07) is 4.84. The normalized spacial score (nSPS) is 37.3. The van der Waals surface area contributed by atoms with Crippen molar-refractivity contribution in [3.05, 3.63) is 35.4 Å². The molecule has 0 aromatic heterocycles. The third-order valence-corrected chi connectivity index (χ3v) is 8.91. The fourth-order valence-electron chi connectivity index (χ4n) is 6.04. The molecule has 6 unspecified atom stereocenters. The van der Waals surface area contributed by atoms with E-state index in [4.69, 9.17) is 27.9 Å². The number of phenolic OH excluding ortho intramolecular Hbond substituents is 1. The molecule has 0 bridgehead atoms. The van der Waals surface area contributed by atoms with E-state index in [9.17, 15) is 24.3 Å². The highest BCUT2D eigenvalue weighted by Gasteiger charge is 2.75. The van der Waals surface area contributed by atoms with Gasteiger partial charge >= 0.3 is 0 Å². The van der Waals surface area contributed by atoms with Gasteiger partial charge in [0.15, 0.2) is 21.2 Å². The summed E-state index contributed by atoms with van der Waals surface area (Å²) in [7, 11) is 1.32. The first-order valence-electron chi connectivity index (χ1n) is 10.8. The van der Waals surface area contributed by atoms with Crippen LogP contribution in [0.5, 0.6) is 11.5 Å². The number of nitrogens with one attached hydrogen (secondary N) is 1. The summed E-state index contributed by atoms with van der Waals surface area (Å²) < 4.78 is 5.53. The number of fused-ring (bicyclic) bond motifs is 4. The van der Waals surface area contributed by atoms with Gasteiger partial charge in [0, 0.05) is 18.5 Å². The van der Waals surface area contributed by atoms with E-state index in [-0.39, 0.29) is 35.8 Å². The van der Waals surface area contributed by atoms with Crippen molar-refractivity contribution >= 4 is 46.8 Å². The van der Waals surface area contributed by atoms with Crippen LogP contribution in [0.2, 0.25) is 0 Å². The Morgan fingerprint density at radius 2 is 1.88 bits per heavy atom. The van der Waals surface area contributed by atoms with Gasteiger partial charge in [-0.25, -0.2) is 0 Å². The summed E-state index contributed by atoms with van der Waals surface area (Å²) in [5, 5.41) is 13.5. The maximum absolute atomic E-state index is 13.4. The summed E-state index contributed by atoms with van der Waals surface area (Å²) in [6.07, 6.45) is 2.00. The van der Waals surface area contributed by atoms with E-state index in [0.29, 0.717) is 12.2 Å². The van der Waals surface area contributed by atoms with E-state index >= 15 is 0 Å². The molecular weight excluding hydrogens is 471 g/mol. The molecule has 33 heavy (non-hydrogen) atoms. The number of halogens is 2. The van der Waals surface area contributed by atoms with Crippen LogP contribution in [0.3, 0.4) is 0 Å². The minimum absolute atomic E-state index is 0.0803. The van der Waals surface area contributed by atoms with E-state index in [1.807, 2.05) is 0 Å². The van der Waals surface area contributed by atoms with Gasteiger partial charge in [-0.15, -0.1) is 23.2 Å². The molecule has 1 aromatic rings. The zero-order valence-electron chi connectivity index (χ0n) is 17.9. The fraction of sp³-hybridized carbons (Fsp3) is 0.478. The fourth-order valence-corrected chi connectivity index (χ4v) is 7.06. The average Bonchev–Trinajstić information content (AvgIpc) is 3.14.